The summed E-state index contributed by atoms with van der Waals surface area (Å²) in [4.78, 5) is 4.12. The Morgan fingerprint density at radius 3 is 2.80 bits per heavy atom. The number of nitrogens with zero attached hydrogens (tertiary/aromatic N) is 1. The van der Waals surface area contributed by atoms with Crippen LogP contribution in [-0.4, -0.2) is 12.1 Å². The number of benzene rings is 1. The first kappa shape index (κ1) is 9.99. The molecule has 0 aliphatic carbocycles. The molecule has 0 aliphatic heterocycles. The van der Waals surface area contributed by atoms with Gasteiger partial charge < -0.3 is 4.74 Å². The van der Waals surface area contributed by atoms with Crippen LogP contribution in [0.1, 0.15) is 0 Å². The van der Waals surface area contributed by atoms with Gasteiger partial charge in [-0.3, -0.25) is 0 Å². The highest BCUT2D eigenvalue weighted by atomic mass is 35.5. The van der Waals surface area contributed by atoms with Crippen LogP contribution in [0.15, 0.2) is 36.5 Å². The van der Waals surface area contributed by atoms with Crippen LogP contribution < -0.4 is 4.74 Å². The van der Waals surface area contributed by atoms with E-state index in [4.69, 9.17) is 16.3 Å². The summed E-state index contributed by atoms with van der Waals surface area (Å²) in [6.45, 7) is 0. The number of hydrogen-bond donors (Lipinski definition) is 0. The van der Waals surface area contributed by atoms with Gasteiger partial charge in [0.15, 0.2) is 0 Å². The van der Waals surface area contributed by atoms with Crippen LogP contribution in [0.3, 0.4) is 0 Å². The zero-order valence-corrected chi connectivity index (χ0v) is 8.95. The van der Waals surface area contributed by atoms with Crippen LogP contribution in [-0.2, 0) is 0 Å². The van der Waals surface area contributed by atoms with Crippen molar-refractivity contribution in [2.45, 2.75) is 0 Å². The number of rotatable bonds is 2. The molecular formula is C12H9ClNO. The van der Waals surface area contributed by atoms with Crippen molar-refractivity contribution in [3.05, 3.63) is 47.6 Å². The molecule has 0 saturated heterocycles. The summed E-state index contributed by atoms with van der Waals surface area (Å²) in [6, 6.07) is 12.1. The first-order chi connectivity index (χ1) is 7.31. The van der Waals surface area contributed by atoms with Gasteiger partial charge in [0, 0.05) is 28.4 Å². The van der Waals surface area contributed by atoms with Crippen molar-refractivity contribution in [1.82, 2.24) is 4.98 Å². The van der Waals surface area contributed by atoms with E-state index < -0.39 is 0 Å². The van der Waals surface area contributed by atoms with Gasteiger partial charge in [0.25, 0.3) is 0 Å². The standard InChI is InChI=1S/C12H9ClNO/c1-15-12-7-6-9(8-14-12)10-4-2-3-5-11(10)13/h2,4-8H,1H3. The molecule has 0 saturated carbocycles. The van der Waals surface area contributed by atoms with E-state index in [2.05, 4.69) is 11.1 Å². The van der Waals surface area contributed by atoms with E-state index in [1.807, 2.05) is 24.3 Å². The first-order valence-electron chi connectivity index (χ1n) is 4.47. The fourth-order valence-electron chi connectivity index (χ4n) is 1.30. The Morgan fingerprint density at radius 2 is 2.20 bits per heavy atom. The lowest BCUT2D eigenvalue weighted by Gasteiger charge is -2.04. The van der Waals surface area contributed by atoms with E-state index in [1.165, 1.54) is 0 Å². The topological polar surface area (TPSA) is 22.1 Å². The fourth-order valence-corrected chi connectivity index (χ4v) is 1.54. The molecule has 1 radical (unpaired) electrons. The average molecular weight is 219 g/mol. The highest BCUT2D eigenvalue weighted by molar-refractivity contribution is 6.33. The zero-order valence-electron chi connectivity index (χ0n) is 8.20. The van der Waals surface area contributed by atoms with Crippen molar-refractivity contribution < 1.29 is 4.74 Å². The van der Waals surface area contributed by atoms with Gasteiger partial charge in [0.2, 0.25) is 5.88 Å². The molecule has 2 aromatic rings. The minimum atomic E-state index is 0.595. The van der Waals surface area contributed by atoms with Gasteiger partial charge in [-0.15, -0.1) is 0 Å². The van der Waals surface area contributed by atoms with Crippen molar-refractivity contribution in [3.8, 4) is 17.0 Å². The average Bonchev–Trinajstić information content (AvgIpc) is 2.30. The summed E-state index contributed by atoms with van der Waals surface area (Å²) in [5.41, 5.74) is 1.92. The molecule has 2 rings (SSSR count). The Hall–Kier alpha value is -1.54. The Labute approximate surface area is 93.5 Å². The molecule has 1 aromatic carbocycles. The maximum atomic E-state index is 6.04. The highest BCUT2D eigenvalue weighted by Crippen LogP contribution is 2.27. The molecule has 1 aromatic heterocycles. The number of hydrogen-bond acceptors (Lipinski definition) is 2. The molecule has 75 valence electrons. The molecule has 0 atom stereocenters. The van der Waals surface area contributed by atoms with Crippen LogP contribution in [0.5, 0.6) is 5.88 Å². The quantitative estimate of drug-likeness (QED) is 0.772. The smallest absolute Gasteiger partial charge is 0.212 e. The Balaban J connectivity index is 2.42. The van der Waals surface area contributed by atoms with Crippen molar-refractivity contribution in [2.24, 2.45) is 0 Å². The Morgan fingerprint density at radius 1 is 1.33 bits per heavy atom. The molecule has 0 bridgehead atoms. The third-order valence-corrected chi connectivity index (χ3v) is 2.38. The first-order valence-corrected chi connectivity index (χ1v) is 4.85. The van der Waals surface area contributed by atoms with E-state index in [-0.39, 0.29) is 0 Å². The summed E-state index contributed by atoms with van der Waals surface area (Å²) in [5.74, 6) is 0.595. The predicted molar refractivity (Wildman–Crippen MR) is 60.1 cm³/mol. The number of halogens is 1. The SMILES string of the molecule is COc1ccc(-c2cc[c]cc2Cl)cn1. The second kappa shape index (κ2) is 4.32. The summed E-state index contributed by atoms with van der Waals surface area (Å²) >= 11 is 6.04. The molecule has 2 nitrogen and oxygen atoms in total. The molecule has 0 aliphatic rings. The number of ether oxygens (including phenoxy) is 1. The van der Waals surface area contributed by atoms with Gasteiger partial charge in [-0.2, -0.15) is 0 Å². The maximum Gasteiger partial charge on any atom is 0.212 e. The molecule has 0 spiro atoms. The summed E-state index contributed by atoms with van der Waals surface area (Å²) in [7, 11) is 1.59. The molecule has 0 amide bonds. The summed E-state index contributed by atoms with van der Waals surface area (Å²) in [5, 5.41) is 0.671. The highest BCUT2D eigenvalue weighted by Gasteiger charge is 2.02. The third kappa shape index (κ3) is 2.10. The normalized spacial score (nSPS) is 10.0. The van der Waals surface area contributed by atoms with Gasteiger partial charge in [-0.25, -0.2) is 4.98 Å². The molecule has 0 fully saturated rings. The van der Waals surface area contributed by atoms with E-state index in [0.717, 1.165) is 11.1 Å². The van der Waals surface area contributed by atoms with Crippen LogP contribution in [0.25, 0.3) is 11.1 Å². The van der Waals surface area contributed by atoms with Gasteiger partial charge in [0.1, 0.15) is 0 Å². The molecule has 0 N–H and O–H groups in total. The third-order valence-electron chi connectivity index (χ3n) is 2.07. The predicted octanol–water partition coefficient (Wildman–Crippen LogP) is 3.21. The molecule has 0 unspecified atom stereocenters. The van der Waals surface area contributed by atoms with Gasteiger partial charge in [-0.1, -0.05) is 23.7 Å². The van der Waals surface area contributed by atoms with Crippen molar-refractivity contribution >= 4 is 11.6 Å². The lowest BCUT2D eigenvalue weighted by molar-refractivity contribution is 0.398. The lowest BCUT2D eigenvalue weighted by atomic mass is 10.1. The molecule has 1 heterocycles. The second-order valence-corrected chi connectivity index (χ2v) is 3.40. The van der Waals surface area contributed by atoms with E-state index in [1.54, 1.807) is 19.4 Å². The summed E-state index contributed by atoms with van der Waals surface area (Å²) in [6.07, 6.45) is 1.74. The Bertz CT molecular complexity index is 453. The zero-order chi connectivity index (χ0) is 10.7. The summed E-state index contributed by atoms with van der Waals surface area (Å²) < 4.78 is 4.99. The monoisotopic (exact) mass is 218 g/mol. The maximum absolute atomic E-state index is 6.04. The van der Waals surface area contributed by atoms with Crippen molar-refractivity contribution in [2.75, 3.05) is 7.11 Å². The fraction of sp³-hybridized carbons (Fsp3) is 0.0833. The van der Waals surface area contributed by atoms with Gasteiger partial charge in [0.05, 0.1) is 7.11 Å². The Kier molecular flexibility index (Phi) is 2.88. The van der Waals surface area contributed by atoms with Crippen LogP contribution in [0, 0.1) is 6.07 Å². The van der Waals surface area contributed by atoms with E-state index in [0.29, 0.717) is 10.9 Å². The molecule has 3 heteroatoms. The number of pyridine rings is 1. The van der Waals surface area contributed by atoms with Gasteiger partial charge >= 0.3 is 0 Å². The number of aromatic nitrogens is 1. The van der Waals surface area contributed by atoms with Crippen LogP contribution in [0.4, 0.5) is 0 Å². The van der Waals surface area contributed by atoms with Gasteiger partial charge in [-0.05, 0) is 18.2 Å². The van der Waals surface area contributed by atoms with Crippen molar-refractivity contribution in [3.63, 3.8) is 0 Å². The minimum Gasteiger partial charge on any atom is -0.481 e. The molecule has 15 heavy (non-hydrogen) atoms. The number of methoxy groups -OCH3 is 1. The lowest BCUT2D eigenvalue weighted by Crippen LogP contribution is -1.87. The van der Waals surface area contributed by atoms with Crippen LogP contribution >= 0.6 is 11.6 Å². The molecular weight excluding hydrogens is 210 g/mol. The largest absolute Gasteiger partial charge is 0.481 e. The second-order valence-electron chi connectivity index (χ2n) is 3.00. The van der Waals surface area contributed by atoms with E-state index >= 15 is 0 Å². The minimum absolute atomic E-state index is 0.595. The van der Waals surface area contributed by atoms with Crippen molar-refractivity contribution in [1.29, 1.82) is 0 Å². The van der Waals surface area contributed by atoms with Crippen LogP contribution in [0.2, 0.25) is 5.02 Å². The van der Waals surface area contributed by atoms with E-state index in [9.17, 15) is 0 Å².